The SMILES string of the molecule is Cc1cccc(Cl)c1NC(=O)C(c1ccccc1O)N(CCO)C(=O)C(CCC(N)=O)NC(=O)OC(C)(C)C. The van der Waals surface area contributed by atoms with Gasteiger partial charge in [-0.3, -0.25) is 14.4 Å². The summed E-state index contributed by atoms with van der Waals surface area (Å²) in [4.78, 5) is 52.7. The Kier molecular flexibility index (Phi) is 11.1. The number of alkyl carbamates (subject to hydrolysis) is 1. The van der Waals surface area contributed by atoms with E-state index in [2.05, 4.69) is 10.6 Å². The number of amides is 4. The van der Waals surface area contributed by atoms with Gasteiger partial charge in [-0.2, -0.15) is 0 Å². The fourth-order valence-corrected chi connectivity index (χ4v) is 4.09. The van der Waals surface area contributed by atoms with Crippen molar-refractivity contribution < 1.29 is 34.1 Å². The number of halogens is 1. The first kappa shape index (κ1) is 31.4. The molecule has 39 heavy (non-hydrogen) atoms. The minimum Gasteiger partial charge on any atom is -0.508 e. The first-order valence-corrected chi connectivity index (χ1v) is 12.7. The summed E-state index contributed by atoms with van der Waals surface area (Å²) in [6.07, 6.45) is -1.39. The maximum absolute atomic E-state index is 13.9. The molecule has 0 radical (unpaired) electrons. The second-order valence-corrected chi connectivity index (χ2v) is 10.2. The van der Waals surface area contributed by atoms with Crippen LogP contribution in [0.5, 0.6) is 5.75 Å². The molecular formula is C27H35ClN4O7. The summed E-state index contributed by atoms with van der Waals surface area (Å²) in [5.41, 5.74) is 5.42. The number of anilines is 1. The van der Waals surface area contributed by atoms with E-state index >= 15 is 0 Å². The molecule has 0 aromatic heterocycles. The average Bonchev–Trinajstić information content (AvgIpc) is 2.83. The van der Waals surface area contributed by atoms with E-state index in [-0.39, 0.29) is 35.7 Å². The van der Waals surface area contributed by atoms with Crippen molar-refractivity contribution in [1.29, 1.82) is 0 Å². The number of aliphatic hydroxyl groups excluding tert-OH is 1. The van der Waals surface area contributed by atoms with Crippen LogP contribution in [0.2, 0.25) is 5.02 Å². The zero-order valence-electron chi connectivity index (χ0n) is 22.4. The van der Waals surface area contributed by atoms with Crippen molar-refractivity contribution in [3.05, 3.63) is 58.6 Å². The summed E-state index contributed by atoms with van der Waals surface area (Å²) in [6, 6.07) is 8.14. The molecule has 0 aliphatic rings. The van der Waals surface area contributed by atoms with Gasteiger partial charge in [-0.25, -0.2) is 4.79 Å². The van der Waals surface area contributed by atoms with E-state index in [1.807, 2.05) is 0 Å². The third-order valence-corrected chi connectivity index (χ3v) is 5.87. The topological polar surface area (TPSA) is 171 Å². The van der Waals surface area contributed by atoms with Crippen molar-refractivity contribution in [2.45, 2.75) is 58.2 Å². The first-order valence-electron chi connectivity index (χ1n) is 12.3. The minimum absolute atomic E-state index is 0.0624. The van der Waals surface area contributed by atoms with E-state index in [0.717, 1.165) is 4.90 Å². The van der Waals surface area contributed by atoms with Crippen LogP contribution in [-0.4, -0.2) is 63.7 Å². The number of rotatable bonds is 11. The highest BCUT2D eigenvalue weighted by Gasteiger charge is 2.37. The molecule has 2 unspecified atom stereocenters. The van der Waals surface area contributed by atoms with Crippen molar-refractivity contribution in [1.82, 2.24) is 10.2 Å². The van der Waals surface area contributed by atoms with Crippen LogP contribution in [0.3, 0.4) is 0 Å². The highest BCUT2D eigenvalue weighted by Crippen LogP contribution is 2.33. The molecule has 2 aromatic rings. The van der Waals surface area contributed by atoms with Gasteiger partial charge in [-0.1, -0.05) is 41.9 Å². The number of aryl methyl sites for hydroxylation is 1. The van der Waals surface area contributed by atoms with Gasteiger partial charge in [0, 0.05) is 18.5 Å². The summed E-state index contributed by atoms with van der Waals surface area (Å²) < 4.78 is 5.26. The van der Waals surface area contributed by atoms with Crippen LogP contribution >= 0.6 is 11.6 Å². The maximum atomic E-state index is 13.9. The fraction of sp³-hybridized carbons (Fsp3) is 0.407. The number of phenolic OH excluding ortho intramolecular Hbond substituents is 1. The van der Waals surface area contributed by atoms with Crippen molar-refractivity contribution >= 4 is 41.1 Å². The van der Waals surface area contributed by atoms with Crippen molar-refractivity contribution in [3.8, 4) is 5.75 Å². The molecule has 11 nitrogen and oxygen atoms in total. The number of primary amides is 1. The van der Waals surface area contributed by atoms with Crippen LogP contribution in [0.4, 0.5) is 10.5 Å². The van der Waals surface area contributed by atoms with E-state index in [4.69, 9.17) is 22.1 Å². The summed E-state index contributed by atoms with van der Waals surface area (Å²) in [5, 5.41) is 25.9. The van der Waals surface area contributed by atoms with E-state index < -0.39 is 48.1 Å². The highest BCUT2D eigenvalue weighted by atomic mass is 35.5. The molecule has 0 aliphatic carbocycles. The molecule has 6 N–H and O–H groups in total. The molecule has 4 amide bonds. The predicted octanol–water partition coefficient (Wildman–Crippen LogP) is 3.01. The van der Waals surface area contributed by atoms with Gasteiger partial charge in [0.25, 0.3) is 5.91 Å². The van der Waals surface area contributed by atoms with Crippen LogP contribution in [-0.2, 0) is 19.1 Å². The third kappa shape index (κ3) is 9.15. The average molecular weight is 563 g/mol. The summed E-state index contributed by atoms with van der Waals surface area (Å²) in [6.45, 7) is 5.75. The van der Waals surface area contributed by atoms with Gasteiger partial charge in [0.2, 0.25) is 11.8 Å². The molecule has 0 fully saturated rings. The van der Waals surface area contributed by atoms with Gasteiger partial charge in [0.1, 0.15) is 23.4 Å². The number of aromatic hydroxyl groups is 1. The fourth-order valence-electron chi connectivity index (χ4n) is 3.82. The first-order chi connectivity index (χ1) is 18.2. The zero-order valence-corrected chi connectivity index (χ0v) is 23.1. The number of hydrogen-bond donors (Lipinski definition) is 5. The number of benzene rings is 2. The van der Waals surface area contributed by atoms with Crippen LogP contribution in [0.15, 0.2) is 42.5 Å². The Morgan fingerprint density at radius 3 is 2.33 bits per heavy atom. The third-order valence-electron chi connectivity index (χ3n) is 5.55. The standard InChI is InChI=1S/C27H35ClN4O7/c1-16-8-7-10-18(28)22(16)31-24(36)23(17-9-5-6-11-20(17)34)32(14-15-33)25(37)19(12-13-21(29)35)30-26(38)39-27(2,3)4/h5-11,19,23,33-34H,12-15H2,1-4H3,(H2,29,35)(H,30,38)(H,31,36). The molecular weight excluding hydrogens is 528 g/mol. The second kappa shape index (κ2) is 13.8. The number of nitrogens with one attached hydrogen (secondary N) is 2. The summed E-state index contributed by atoms with van der Waals surface area (Å²) in [7, 11) is 0. The van der Waals surface area contributed by atoms with Crippen molar-refractivity contribution in [2.75, 3.05) is 18.5 Å². The lowest BCUT2D eigenvalue weighted by atomic mass is 10.0. The van der Waals surface area contributed by atoms with Gasteiger partial charge in [0.05, 0.1) is 17.3 Å². The Morgan fingerprint density at radius 2 is 1.77 bits per heavy atom. The Hall–Kier alpha value is -3.83. The number of para-hydroxylation sites is 2. The number of carbonyl (C=O) groups excluding carboxylic acids is 4. The van der Waals surface area contributed by atoms with Gasteiger partial charge in [0.15, 0.2) is 0 Å². The molecule has 0 bridgehead atoms. The number of hydrogen-bond acceptors (Lipinski definition) is 7. The lowest BCUT2D eigenvalue weighted by Gasteiger charge is -2.34. The largest absolute Gasteiger partial charge is 0.508 e. The van der Waals surface area contributed by atoms with Gasteiger partial charge < -0.3 is 36.2 Å². The molecule has 0 saturated heterocycles. The maximum Gasteiger partial charge on any atom is 0.408 e. The van der Waals surface area contributed by atoms with Crippen molar-refractivity contribution in [2.24, 2.45) is 5.73 Å². The Balaban J connectivity index is 2.56. The lowest BCUT2D eigenvalue weighted by Crippen LogP contribution is -2.53. The highest BCUT2D eigenvalue weighted by molar-refractivity contribution is 6.34. The zero-order chi connectivity index (χ0) is 29.3. The van der Waals surface area contributed by atoms with Crippen LogP contribution < -0.4 is 16.4 Å². The number of ether oxygens (including phenoxy) is 1. The Morgan fingerprint density at radius 1 is 1.10 bits per heavy atom. The molecule has 0 heterocycles. The molecule has 2 rings (SSSR count). The van der Waals surface area contributed by atoms with Gasteiger partial charge in [-0.05, 0) is 51.8 Å². The molecule has 0 aliphatic heterocycles. The predicted molar refractivity (Wildman–Crippen MR) is 146 cm³/mol. The lowest BCUT2D eigenvalue weighted by molar-refractivity contribution is -0.141. The van der Waals surface area contributed by atoms with E-state index in [1.165, 1.54) is 12.1 Å². The summed E-state index contributed by atoms with van der Waals surface area (Å²) in [5.74, 6) is -2.54. The Labute approximate surface area is 232 Å². The number of nitrogens with two attached hydrogens (primary N) is 1. The van der Waals surface area contributed by atoms with E-state index in [1.54, 1.807) is 58.0 Å². The quantitative estimate of drug-likeness (QED) is 0.280. The molecule has 12 heteroatoms. The second-order valence-electron chi connectivity index (χ2n) is 9.84. The van der Waals surface area contributed by atoms with Crippen LogP contribution in [0.25, 0.3) is 0 Å². The molecule has 2 atom stereocenters. The molecule has 2 aromatic carbocycles. The number of phenols is 1. The smallest absolute Gasteiger partial charge is 0.408 e. The number of nitrogens with zero attached hydrogens (tertiary/aromatic N) is 1. The summed E-state index contributed by atoms with van der Waals surface area (Å²) >= 11 is 6.30. The normalized spacial score (nSPS) is 12.7. The van der Waals surface area contributed by atoms with Crippen LogP contribution in [0.1, 0.15) is 50.8 Å². The minimum atomic E-state index is -1.46. The molecule has 212 valence electrons. The molecule has 0 spiro atoms. The number of aliphatic hydroxyl groups is 1. The van der Waals surface area contributed by atoms with Crippen LogP contribution in [0, 0.1) is 6.92 Å². The monoisotopic (exact) mass is 562 g/mol. The van der Waals surface area contributed by atoms with Gasteiger partial charge in [-0.15, -0.1) is 0 Å². The molecule has 0 saturated carbocycles. The van der Waals surface area contributed by atoms with E-state index in [9.17, 15) is 29.4 Å². The van der Waals surface area contributed by atoms with E-state index in [0.29, 0.717) is 11.3 Å². The van der Waals surface area contributed by atoms with Gasteiger partial charge >= 0.3 is 6.09 Å². The number of carbonyl (C=O) groups is 4. The Bertz CT molecular complexity index is 1180. The van der Waals surface area contributed by atoms with Crippen molar-refractivity contribution in [3.63, 3.8) is 0 Å².